The fraction of sp³-hybridized carbons (Fsp3) is 0.269. The molecule has 0 fully saturated rings. The lowest BCUT2D eigenvalue weighted by atomic mass is 10.1. The topological polar surface area (TPSA) is 30.8 Å². The normalized spacial score (nSPS) is 11.1. The zero-order valence-electron chi connectivity index (χ0n) is 17.9. The number of halogens is 2. The molecule has 0 unspecified atom stereocenters. The molecule has 0 N–H and O–H groups in total. The summed E-state index contributed by atoms with van der Waals surface area (Å²) in [7, 11) is 0. The fourth-order valence-corrected chi connectivity index (χ4v) is 3.58. The molecule has 0 aliphatic heterocycles. The minimum atomic E-state index is 0.299. The number of aliphatic imine (C=N–C) groups is 1. The molecule has 3 nitrogen and oxygen atoms in total. The first kappa shape index (κ1) is 23.2. The zero-order valence-corrected chi connectivity index (χ0v) is 19.4. The summed E-state index contributed by atoms with van der Waals surface area (Å²) in [5.41, 5.74) is 3.92. The molecule has 0 spiro atoms. The van der Waals surface area contributed by atoms with Crippen LogP contribution in [0.1, 0.15) is 43.4 Å². The van der Waals surface area contributed by atoms with E-state index in [1.54, 1.807) is 12.1 Å². The van der Waals surface area contributed by atoms with Crippen molar-refractivity contribution in [2.24, 2.45) is 4.99 Å². The van der Waals surface area contributed by atoms with E-state index in [9.17, 15) is 0 Å². The highest BCUT2D eigenvalue weighted by Crippen LogP contribution is 2.32. The predicted octanol–water partition coefficient (Wildman–Crippen LogP) is 8.06. The van der Waals surface area contributed by atoms with E-state index in [1.807, 2.05) is 49.5 Å². The van der Waals surface area contributed by atoms with Crippen LogP contribution in [-0.4, -0.2) is 12.8 Å². The minimum Gasteiger partial charge on any atom is -0.490 e. The van der Waals surface area contributed by atoms with Gasteiger partial charge in [0.2, 0.25) is 0 Å². The molecule has 3 aromatic carbocycles. The summed E-state index contributed by atoms with van der Waals surface area (Å²) < 4.78 is 11.9. The van der Waals surface area contributed by atoms with Crippen molar-refractivity contribution in [1.29, 1.82) is 0 Å². The zero-order chi connectivity index (χ0) is 22.1. The molecule has 0 heterocycles. The van der Waals surface area contributed by atoms with Crippen LogP contribution in [0.4, 0.5) is 5.69 Å². The summed E-state index contributed by atoms with van der Waals surface area (Å²) in [6, 6.07) is 19.5. The van der Waals surface area contributed by atoms with E-state index in [-0.39, 0.29) is 0 Å². The smallest absolute Gasteiger partial charge is 0.170 e. The number of hydrogen-bond donors (Lipinski definition) is 0. The van der Waals surface area contributed by atoms with E-state index in [0.29, 0.717) is 34.8 Å². The van der Waals surface area contributed by atoms with Gasteiger partial charge >= 0.3 is 0 Å². The van der Waals surface area contributed by atoms with Gasteiger partial charge in [0.1, 0.15) is 6.61 Å². The minimum absolute atomic E-state index is 0.299. The lowest BCUT2D eigenvalue weighted by molar-refractivity contribution is 0.269. The average molecular weight is 456 g/mol. The molecule has 0 aliphatic carbocycles. The molecule has 0 radical (unpaired) electrons. The molecule has 31 heavy (non-hydrogen) atoms. The van der Waals surface area contributed by atoms with Crippen molar-refractivity contribution in [2.45, 2.75) is 39.7 Å². The molecule has 0 bridgehead atoms. The number of nitrogens with zero attached hydrogens (tertiary/aromatic N) is 1. The summed E-state index contributed by atoms with van der Waals surface area (Å²) >= 11 is 12.3. The summed E-state index contributed by atoms with van der Waals surface area (Å²) in [5.74, 6) is 1.31. The number of benzene rings is 3. The molecule has 0 saturated carbocycles. The Morgan fingerprint density at radius 3 is 2.45 bits per heavy atom. The first-order valence-corrected chi connectivity index (χ1v) is 11.3. The van der Waals surface area contributed by atoms with Crippen LogP contribution in [-0.2, 0) is 13.0 Å². The van der Waals surface area contributed by atoms with E-state index in [0.717, 1.165) is 23.2 Å². The molecule has 3 rings (SSSR count). The summed E-state index contributed by atoms with van der Waals surface area (Å²) in [6.45, 7) is 4.99. The van der Waals surface area contributed by atoms with Gasteiger partial charge in [-0.05, 0) is 61.7 Å². The third-order valence-corrected chi connectivity index (χ3v) is 5.39. The quantitative estimate of drug-likeness (QED) is 0.289. The Morgan fingerprint density at radius 2 is 1.74 bits per heavy atom. The lowest BCUT2D eigenvalue weighted by Gasteiger charge is -2.15. The van der Waals surface area contributed by atoms with E-state index in [1.165, 1.54) is 18.4 Å². The van der Waals surface area contributed by atoms with Crippen LogP contribution in [0.2, 0.25) is 10.0 Å². The lowest BCUT2D eigenvalue weighted by Crippen LogP contribution is -2.03. The molecular weight excluding hydrogens is 429 g/mol. The van der Waals surface area contributed by atoms with Gasteiger partial charge in [0.15, 0.2) is 11.5 Å². The van der Waals surface area contributed by atoms with Gasteiger partial charge in [-0.3, -0.25) is 4.99 Å². The second kappa shape index (κ2) is 11.8. The molecule has 5 heteroatoms. The van der Waals surface area contributed by atoms with Gasteiger partial charge in [-0.1, -0.05) is 60.8 Å². The summed E-state index contributed by atoms with van der Waals surface area (Å²) in [5, 5.41) is 1.16. The average Bonchev–Trinajstić information content (AvgIpc) is 2.77. The van der Waals surface area contributed by atoms with Crippen LogP contribution in [0.25, 0.3) is 0 Å². The molecule has 0 amide bonds. The predicted molar refractivity (Wildman–Crippen MR) is 131 cm³/mol. The van der Waals surface area contributed by atoms with Crippen LogP contribution < -0.4 is 9.47 Å². The number of ether oxygens (including phenoxy) is 2. The fourth-order valence-electron chi connectivity index (χ4n) is 3.12. The monoisotopic (exact) mass is 455 g/mol. The van der Waals surface area contributed by atoms with Crippen molar-refractivity contribution in [2.75, 3.05) is 6.61 Å². The van der Waals surface area contributed by atoms with E-state index in [4.69, 9.17) is 32.7 Å². The van der Waals surface area contributed by atoms with Crippen molar-refractivity contribution < 1.29 is 9.47 Å². The maximum Gasteiger partial charge on any atom is 0.170 e. The maximum atomic E-state index is 6.30. The van der Waals surface area contributed by atoms with Crippen molar-refractivity contribution in [3.8, 4) is 11.5 Å². The second-order valence-corrected chi connectivity index (χ2v) is 8.00. The Hall–Kier alpha value is -2.49. The SMILES string of the molecule is CCCCc1ccc(N=Cc2cccc(OCC)c2OCc2ccc(Cl)cc2Cl)cc1. The number of hydrogen-bond acceptors (Lipinski definition) is 3. The molecular formula is C26H27Cl2NO2. The Morgan fingerprint density at radius 1 is 0.935 bits per heavy atom. The molecule has 0 saturated heterocycles. The maximum absolute atomic E-state index is 6.30. The molecule has 3 aromatic rings. The van der Waals surface area contributed by atoms with Gasteiger partial charge in [-0.2, -0.15) is 0 Å². The Labute approximate surface area is 194 Å². The van der Waals surface area contributed by atoms with E-state index >= 15 is 0 Å². The van der Waals surface area contributed by atoms with Crippen LogP contribution >= 0.6 is 23.2 Å². The van der Waals surface area contributed by atoms with Crippen molar-refractivity contribution in [3.05, 3.63) is 87.4 Å². The van der Waals surface area contributed by atoms with Gasteiger partial charge in [0.25, 0.3) is 0 Å². The van der Waals surface area contributed by atoms with Crippen LogP contribution in [0, 0.1) is 0 Å². The van der Waals surface area contributed by atoms with Gasteiger partial charge in [0.05, 0.1) is 12.3 Å². The number of para-hydroxylation sites is 1. The Balaban J connectivity index is 1.81. The first-order valence-electron chi connectivity index (χ1n) is 10.6. The Kier molecular flexibility index (Phi) is 8.81. The van der Waals surface area contributed by atoms with Crippen LogP contribution in [0.15, 0.2) is 65.7 Å². The first-order chi connectivity index (χ1) is 15.1. The van der Waals surface area contributed by atoms with Gasteiger partial charge < -0.3 is 9.47 Å². The van der Waals surface area contributed by atoms with Crippen molar-refractivity contribution in [1.82, 2.24) is 0 Å². The van der Waals surface area contributed by atoms with Crippen molar-refractivity contribution in [3.63, 3.8) is 0 Å². The Bertz CT molecular complexity index is 1020. The van der Waals surface area contributed by atoms with Crippen LogP contribution in [0.3, 0.4) is 0 Å². The highest BCUT2D eigenvalue weighted by atomic mass is 35.5. The van der Waals surface area contributed by atoms with E-state index in [2.05, 4.69) is 24.0 Å². The van der Waals surface area contributed by atoms with Gasteiger partial charge in [0, 0.05) is 27.4 Å². The van der Waals surface area contributed by atoms with Gasteiger partial charge in [-0.25, -0.2) is 0 Å². The molecule has 0 atom stereocenters. The van der Waals surface area contributed by atoms with Crippen molar-refractivity contribution >= 4 is 35.1 Å². The number of rotatable bonds is 10. The van der Waals surface area contributed by atoms with E-state index < -0.39 is 0 Å². The standard InChI is InChI=1S/C26H27Cl2NO2/c1-3-5-7-19-10-14-23(15-11-19)29-17-20-8-6-9-25(30-4-2)26(20)31-18-21-12-13-22(27)16-24(21)28/h6,8-17H,3-5,7,18H2,1-2H3. The summed E-state index contributed by atoms with van der Waals surface area (Å²) in [6.07, 6.45) is 5.30. The third kappa shape index (κ3) is 6.75. The molecule has 0 aromatic heterocycles. The highest BCUT2D eigenvalue weighted by Gasteiger charge is 2.11. The molecule has 162 valence electrons. The van der Waals surface area contributed by atoms with Crippen LogP contribution in [0.5, 0.6) is 11.5 Å². The third-order valence-electron chi connectivity index (χ3n) is 4.80. The number of unbranched alkanes of at least 4 members (excludes halogenated alkanes) is 1. The van der Waals surface area contributed by atoms with Gasteiger partial charge in [-0.15, -0.1) is 0 Å². The second-order valence-electron chi connectivity index (χ2n) is 7.16. The summed E-state index contributed by atoms with van der Waals surface area (Å²) in [4.78, 5) is 4.64. The number of aryl methyl sites for hydroxylation is 1. The molecule has 0 aliphatic rings. The largest absolute Gasteiger partial charge is 0.490 e. The highest BCUT2D eigenvalue weighted by molar-refractivity contribution is 6.35.